The quantitative estimate of drug-likeness (QED) is 0.0363. The Kier molecular flexibility index (Phi) is 62.7. The number of hydrogen-bond acceptors (Lipinski definition) is 7. The van der Waals surface area contributed by atoms with Gasteiger partial charge in [0.1, 0.15) is 0 Å². The Morgan fingerprint density at radius 2 is 0.781 bits per heavy atom. The first-order valence-corrected chi connectivity index (χ1v) is 27.9. The van der Waals surface area contributed by atoms with E-state index >= 15 is 0 Å². The van der Waals surface area contributed by atoms with Crippen molar-refractivity contribution in [2.45, 2.75) is 156 Å². The molecule has 0 fully saturated rings. The Morgan fingerprint density at radius 1 is 0.438 bits per heavy atom. The van der Waals surface area contributed by atoms with Crippen molar-refractivity contribution in [3.63, 3.8) is 0 Å². The highest BCUT2D eigenvalue weighted by Gasteiger charge is 2.10. The Balaban J connectivity index is -0.000000140. The Bertz CT molecular complexity index is 1280. The van der Waals surface area contributed by atoms with Crippen LogP contribution in [0.5, 0.6) is 0 Å². The number of thiocarbonyl (C=S) groups is 3. The standard InChI is InChI=1S/C9H20N2O.C9H20N2S.C8H18N2O.C8H18N2S.C7H16N2.C7H15NO.C6H14N2S/c2*1-8(2)6-7-11(5)9(12)10(3)4;2*1-7(2)5-6-9-8(11)10(3)4;1-6(2)4-5-9-7(3)8;1-6(2)4-5-8-7(3)9;1-5(2)3-4-8-6(7)9/h2*8H,6-7H2,1-5H3;2*7H,5-6H2,1-4H3,(H,9,11);6H,4-5H2,1-3H3,(H2,8,9);6H,4-5H2,1-3H3,(H,8,9);5H,3-4H2,1-2H3,(H3,7,8,9). The molecule has 0 radical (unpaired) electrons. The second-order valence-corrected chi connectivity index (χ2v) is 23.2. The summed E-state index contributed by atoms with van der Waals surface area (Å²) in [4.78, 5) is 47.5. The summed E-state index contributed by atoms with van der Waals surface area (Å²) in [6.07, 6.45) is 7.81. The number of nitrogens with one attached hydrogen (secondary N) is 4. The summed E-state index contributed by atoms with van der Waals surface area (Å²) in [5.41, 5.74) is 10.5. The third-order valence-corrected chi connectivity index (χ3v) is 10.8. The minimum atomic E-state index is -0.00866. The van der Waals surface area contributed by atoms with E-state index in [0.29, 0.717) is 34.6 Å². The van der Waals surface area contributed by atoms with E-state index in [0.717, 1.165) is 106 Å². The number of hydrogen-bond donors (Lipinski definition) is 6. The summed E-state index contributed by atoms with van der Waals surface area (Å²) in [7, 11) is 18.8. The van der Waals surface area contributed by atoms with Crippen molar-refractivity contribution in [3.05, 3.63) is 0 Å². The predicted molar refractivity (Wildman–Crippen MR) is 334 cm³/mol. The molecule has 16 nitrogen and oxygen atoms in total. The van der Waals surface area contributed by atoms with Crippen molar-refractivity contribution in [2.75, 3.05) is 116 Å². The normalized spacial score (nSPS) is 10.3. The lowest BCUT2D eigenvalue weighted by atomic mass is 10.1. The van der Waals surface area contributed by atoms with Crippen LogP contribution in [0, 0.1) is 41.4 Å². The summed E-state index contributed by atoms with van der Waals surface area (Å²) in [5.74, 6) is 5.67. The molecule has 0 aromatic carbocycles. The molecule has 19 heteroatoms. The van der Waals surface area contributed by atoms with Gasteiger partial charge in [0.05, 0.1) is 5.84 Å². The third-order valence-electron chi connectivity index (χ3n) is 9.49. The molecule has 0 spiro atoms. The molecule has 0 saturated heterocycles. The molecule has 0 unspecified atom stereocenters. The molecular formula is C54H121N13O3S3. The van der Waals surface area contributed by atoms with Crippen LogP contribution in [0.1, 0.15) is 156 Å². The number of amides is 5. The lowest BCUT2D eigenvalue weighted by molar-refractivity contribution is -0.119. The van der Waals surface area contributed by atoms with Crippen LogP contribution in [0.25, 0.3) is 0 Å². The average molecular weight is 1100 g/mol. The number of aliphatic imine (C=N–C) groups is 1. The Morgan fingerprint density at radius 3 is 1.07 bits per heavy atom. The summed E-state index contributed by atoms with van der Waals surface area (Å²) in [6.45, 7) is 40.0. The molecule has 0 saturated carbocycles. The number of nitrogens with two attached hydrogens (primary N) is 2. The molecule has 0 aliphatic carbocycles. The van der Waals surface area contributed by atoms with Crippen LogP contribution in [0.3, 0.4) is 0 Å². The van der Waals surface area contributed by atoms with E-state index in [1.165, 1.54) is 12.8 Å². The van der Waals surface area contributed by atoms with E-state index in [4.69, 9.17) is 35.9 Å². The van der Waals surface area contributed by atoms with Gasteiger partial charge in [0.2, 0.25) is 5.91 Å². The third kappa shape index (κ3) is 82.8. The number of urea groups is 2. The van der Waals surface area contributed by atoms with Gasteiger partial charge in [0, 0.05) is 123 Å². The van der Waals surface area contributed by atoms with Crippen LogP contribution in [0.2, 0.25) is 0 Å². The van der Waals surface area contributed by atoms with Crippen molar-refractivity contribution in [2.24, 2.45) is 57.9 Å². The first-order chi connectivity index (χ1) is 33.3. The van der Waals surface area contributed by atoms with E-state index in [9.17, 15) is 14.4 Å². The van der Waals surface area contributed by atoms with Gasteiger partial charge in [-0.2, -0.15) is 0 Å². The molecule has 0 rings (SSSR count). The highest BCUT2D eigenvalue weighted by Crippen LogP contribution is 2.04. The van der Waals surface area contributed by atoms with Gasteiger partial charge in [-0.3, -0.25) is 9.79 Å². The Hall–Kier alpha value is -3.45. The van der Waals surface area contributed by atoms with Crippen LogP contribution < -0.4 is 32.7 Å². The van der Waals surface area contributed by atoms with Crippen molar-refractivity contribution < 1.29 is 14.4 Å². The minimum Gasteiger partial charge on any atom is -0.388 e. The monoisotopic (exact) mass is 1100 g/mol. The molecule has 0 aliphatic rings. The summed E-state index contributed by atoms with van der Waals surface area (Å²) >= 11 is 14.9. The van der Waals surface area contributed by atoms with Gasteiger partial charge >= 0.3 is 12.1 Å². The fourth-order valence-corrected chi connectivity index (χ4v) is 4.85. The highest BCUT2D eigenvalue weighted by atomic mass is 32.1. The SMILES string of the molecule is CC(=O)NCCC(C)C.CC(C)CCN(C)C(=O)N(C)C.CC(C)CCN(C)C(=S)N(C)C.CC(C)CCNC(=O)N(C)C.CC(C)CCNC(=S)N(C)C.CC(C)CCNC(N)=S.CC(N)=NCCC(C)C. The molecule has 438 valence electrons. The zero-order valence-electron chi connectivity index (χ0n) is 52.2. The van der Waals surface area contributed by atoms with Crippen molar-refractivity contribution >= 4 is 75.8 Å². The molecule has 8 N–H and O–H groups in total. The maximum atomic E-state index is 11.3. The lowest BCUT2D eigenvalue weighted by Gasteiger charge is -2.25. The van der Waals surface area contributed by atoms with Crippen LogP contribution >= 0.6 is 36.7 Å². The first kappa shape index (κ1) is 83.5. The van der Waals surface area contributed by atoms with E-state index in [1.54, 1.807) is 49.8 Å². The van der Waals surface area contributed by atoms with Crippen LogP contribution in [-0.2, 0) is 4.79 Å². The second kappa shape index (κ2) is 54.8. The molecular weight excluding hydrogens is 975 g/mol. The maximum Gasteiger partial charge on any atom is 0.319 e. The second-order valence-electron chi connectivity index (χ2n) is 22.0. The lowest BCUT2D eigenvalue weighted by Crippen LogP contribution is -2.37. The molecule has 73 heavy (non-hydrogen) atoms. The molecule has 0 bridgehead atoms. The van der Waals surface area contributed by atoms with Gasteiger partial charge in [-0.25, -0.2) is 9.59 Å². The van der Waals surface area contributed by atoms with Crippen LogP contribution in [0.4, 0.5) is 9.59 Å². The van der Waals surface area contributed by atoms with Crippen molar-refractivity contribution in [1.29, 1.82) is 0 Å². The fourth-order valence-electron chi connectivity index (χ4n) is 4.55. The number of carbonyl (C=O) groups is 3. The number of nitrogens with zero attached hydrogens (tertiary/aromatic N) is 7. The van der Waals surface area contributed by atoms with E-state index in [-0.39, 0.29) is 18.0 Å². The Labute approximate surface area is 468 Å². The molecule has 0 aliphatic heterocycles. The molecule has 5 amide bonds. The van der Waals surface area contributed by atoms with E-state index in [1.807, 2.05) is 59.0 Å². The fraction of sp³-hybridized carbons (Fsp3) is 0.870. The number of amidine groups is 1. The summed E-state index contributed by atoms with van der Waals surface area (Å²) in [6, 6.07) is 0.0706. The molecule has 0 aromatic rings. The largest absolute Gasteiger partial charge is 0.388 e. The minimum absolute atomic E-state index is 0.00866. The average Bonchev–Trinajstić information content (AvgIpc) is 3.24. The number of carbonyl (C=O) groups excluding carboxylic acids is 3. The van der Waals surface area contributed by atoms with Gasteiger partial charge in [-0.1, -0.05) is 96.9 Å². The summed E-state index contributed by atoms with van der Waals surface area (Å²) in [5, 5.41) is 13.7. The van der Waals surface area contributed by atoms with Gasteiger partial charge in [0.15, 0.2) is 15.3 Å². The number of rotatable bonds is 21. The summed E-state index contributed by atoms with van der Waals surface area (Å²) < 4.78 is 0. The maximum absolute atomic E-state index is 11.3. The zero-order valence-corrected chi connectivity index (χ0v) is 54.6. The first-order valence-electron chi connectivity index (χ1n) is 26.6. The highest BCUT2D eigenvalue weighted by molar-refractivity contribution is 7.80. The smallest absolute Gasteiger partial charge is 0.319 e. The van der Waals surface area contributed by atoms with E-state index < -0.39 is 0 Å². The van der Waals surface area contributed by atoms with Crippen molar-refractivity contribution in [1.82, 2.24) is 50.7 Å². The van der Waals surface area contributed by atoms with Gasteiger partial charge < -0.3 is 62.1 Å². The molecule has 0 atom stereocenters. The van der Waals surface area contributed by atoms with Gasteiger partial charge in [0.25, 0.3) is 0 Å². The molecule has 0 aromatic heterocycles. The van der Waals surface area contributed by atoms with Crippen molar-refractivity contribution in [3.8, 4) is 0 Å². The van der Waals surface area contributed by atoms with Gasteiger partial charge in [-0.05, 0) is 130 Å². The van der Waals surface area contributed by atoms with Crippen LogP contribution in [0.15, 0.2) is 4.99 Å². The van der Waals surface area contributed by atoms with E-state index in [2.05, 4.69) is 140 Å². The van der Waals surface area contributed by atoms with Crippen LogP contribution in [-0.4, -0.2) is 185 Å². The van der Waals surface area contributed by atoms with Gasteiger partial charge in [-0.15, -0.1) is 0 Å². The molecule has 0 heterocycles. The topological polar surface area (TPSA) is 183 Å². The zero-order chi connectivity index (χ0) is 59.0. The predicted octanol–water partition coefficient (Wildman–Crippen LogP) is 9.67.